The molecule has 0 amide bonds. The molecule has 5 aromatic carbocycles. The van der Waals surface area contributed by atoms with Crippen LogP contribution in [0.25, 0.3) is 0 Å². The smallest absolute Gasteiger partial charge is 0.0514 e. The summed E-state index contributed by atoms with van der Waals surface area (Å²) in [5.41, 5.74) is 17.4. The first-order valence-corrected chi connectivity index (χ1v) is 15.6. The monoisotopic (exact) mass is 566 g/mol. The van der Waals surface area contributed by atoms with Crippen molar-refractivity contribution in [3.63, 3.8) is 0 Å². The maximum Gasteiger partial charge on any atom is 0.0514 e. The van der Waals surface area contributed by atoms with Gasteiger partial charge in [0.15, 0.2) is 0 Å². The van der Waals surface area contributed by atoms with E-state index in [0.717, 1.165) is 6.42 Å². The lowest BCUT2D eigenvalue weighted by molar-refractivity contribution is 0.733. The lowest BCUT2D eigenvalue weighted by Crippen LogP contribution is -2.18. The summed E-state index contributed by atoms with van der Waals surface area (Å²) in [7, 11) is 0. The zero-order chi connectivity index (χ0) is 30.8. The van der Waals surface area contributed by atoms with Gasteiger partial charge in [-0.3, -0.25) is 0 Å². The molecule has 1 atom stereocenters. The summed E-state index contributed by atoms with van der Waals surface area (Å²) in [4.78, 5) is 4.97. The third-order valence-electron chi connectivity index (χ3n) is 8.77. The topological polar surface area (TPSA) is 6.48 Å². The van der Waals surface area contributed by atoms with E-state index in [1.807, 2.05) is 0 Å². The molecule has 0 aliphatic heterocycles. The van der Waals surface area contributed by atoms with Crippen molar-refractivity contribution in [2.45, 2.75) is 74.7 Å². The number of benzene rings is 5. The minimum absolute atomic E-state index is 0.411. The molecule has 0 bridgehead atoms. The van der Waals surface area contributed by atoms with E-state index in [0.29, 0.717) is 5.92 Å². The number of hydrogen-bond acceptors (Lipinski definition) is 2. The van der Waals surface area contributed by atoms with Gasteiger partial charge in [-0.15, -0.1) is 0 Å². The first-order valence-electron chi connectivity index (χ1n) is 15.6. The van der Waals surface area contributed by atoms with E-state index in [1.54, 1.807) is 0 Å². The second-order valence-electron chi connectivity index (χ2n) is 12.4. The molecule has 0 heterocycles. The van der Waals surface area contributed by atoms with Crippen LogP contribution in [0, 0.1) is 48.5 Å². The molecule has 2 heteroatoms. The lowest BCUT2D eigenvalue weighted by atomic mass is 9.93. The van der Waals surface area contributed by atoms with E-state index in [9.17, 15) is 0 Å². The summed E-state index contributed by atoms with van der Waals surface area (Å²) < 4.78 is 0. The molecule has 0 N–H and O–H groups in total. The third-order valence-corrected chi connectivity index (χ3v) is 8.77. The van der Waals surface area contributed by atoms with Crippen molar-refractivity contribution in [2.75, 3.05) is 9.80 Å². The van der Waals surface area contributed by atoms with Crippen LogP contribution in [0.2, 0.25) is 0 Å². The average Bonchev–Trinajstić information content (AvgIpc) is 2.98. The van der Waals surface area contributed by atoms with Crippen LogP contribution in [0.1, 0.15) is 70.7 Å². The van der Waals surface area contributed by atoms with Gasteiger partial charge in [0.1, 0.15) is 0 Å². The van der Waals surface area contributed by atoms with Gasteiger partial charge in [-0.25, -0.2) is 0 Å². The van der Waals surface area contributed by atoms with Crippen molar-refractivity contribution in [2.24, 2.45) is 0 Å². The molecule has 220 valence electrons. The van der Waals surface area contributed by atoms with Crippen LogP contribution in [0.15, 0.2) is 97.1 Å². The van der Waals surface area contributed by atoms with Crippen molar-refractivity contribution in [3.8, 4) is 0 Å². The molecule has 0 saturated heterocycles. The Labute approximate surface area is 259 Å². The molecule has 43 heavy (non-hydrogen) atoms. The van der Waals surface area contributed by atoms with Crippen LogP contribution < -0.4 is 9.80 Å². The molecule has 0 aliphatic carbocycles. The number of nitrogens with zero attached hydrogens (tertiary/aromatic N) is 2. The average molecular weight is 567 g/mol. The van der Waals surface area contributed by atoms with E-state index in [-0.39, 0.29) is 0 Å². The van der Waals surface area contributed by atoms with Gasteiger partial charge in [-0.2, -0.15) is 0 Å². The largest absolute Gasteiger partial charge is 0.310 e. The Morgan fingerprint density at radius 2 is 0.907 bits per heavy atom. The van der Waals surface area contributed by atoms with E-state index in [4.69, 9.17) is 0 Å². The van der Waals surface area contributed by atoms with Gasteiger partial charge in [-0.05, 0) is 154 Å². The van der Waals surface area contributed by atoms with Gasteiger partial charge in [0.05, 0.1) is 11.4 Å². The molecule has 2 nitrogen and oxygen atoms in total. The highest BCUT2D eigenvalue weighted by atomic mass is 15.2. The van der Waals surface area contributed by atoms with Gasteiger partial charge in [0.25, 0.3) is 0 Å². The van der Waals surface area contributed by atoms with E-state index < -0.39 is 0 Å². The molecule has 5 aromatic rings. The Bertz CT molecular complexity index is 1640. The second-order valence-corrected chi connectivity index (χ2v) is 12.4. The quantitative estimate of drug-likeness (QED) is 0.184. The van der Waals surface area contributed by atoms with E-state index in [1.165, 1.54) is 78.6 Å². The van der Waals surface area contributed by atoms with Crippen molar-refractivity contribution in [1.29, 1.82) is 0 Å². The summed E-state index contributed by atoms with van der Waals surface area (Å²) in [6, 6.07) is 36.3. The van der Waals surface area contributed by atoms with Crippen molar-refractivity contribution in [1.82, 2.24) is 0 Å². The standard InChI is InChI=1S/C41H46N2/c1-10-31(6)35-25-40(42(36-15-11-13-27(2)21-36)38-23-29(4)17-19-32(38)7)34(9)41(26-35)43(37-16-12-14-28(3)22-37)39-24-30(5)18-20-33(39)8/h11-26,31H,10H2,1-9H3. The highest BCUT2D eigenvalue weighted by Gasteiger charge is 2.25. The Kier molecular flexibility index (Phi) is 8.78. The SMILES string of the molecule is CCC(C)c1cc(N(c2cccc(C)c2)c2cc(C)ccc2C)c(C)c(N(c2cccc(C)c2)c2cc(C)ccc2C)c1. The molecule has 0 spiro atoms. The molecule has 0 aromatic heterocycles. The number of anilines is 6. The molecular formula is C41H46N2. The number of rotatable bonds is 8. The van der Waals surface area contributed by atoms with Gasteiger partial charge >= 0.3 is 0 Å². The molecule has 0 fully saturated rings. The Morgan fingerprint density at radius 3 is 1.30 bits per heavy atom. The molecule has 5 rings (SSSR count). The summed E-state index contributed by atoms with van der Waals surface area (Å²) in [6.45, 7) is 20.1. The van der Waals surface area contributed by atoms with Gasteiger partial charge in [-0.1, -0.05) is 62.4 Å². The summed E-state index contributed by atoms with van der Waals surface area (Å²) in [6.07, 6.45) is 1.07. The summed E-state index contributed by atoms with van der Waals surface area (Å²) in [5.74, 6) is 0.411. The van der Waals surface area contributed by atoms with Crippen molar-refractivity contribution >= 4 is 34.1 Å². The summed E-state index contributed by atoms with van der Waals surface area (Å²) >= 11 is 0. The first-order chi connectivity index (χ1) is 20.6. The van der Waals surface area contributed by atoms with Crippen LogP contribution in [0.3, 0.4) is 0 Å². The van der Waals surface area contributed by atoms with Crippen LogP contribution >= 0.6 is 0 Å². The maximum absolute atomic E-state index is 2.48. The van der Waals surface area contributed by atoms with E-state index in [2.05, 4.69) is 169 Å². The molecular weight excluding hydrogens is 520 g/mol. The fourth-order valence-electron chi connectivity index (χ4n) is 5.96. The zero-order valence-corrected chi connectivity index (χ0v) is 27.4. The van der Waals surface area contributed by atoms with Crippen LogP contribution in [-0.2, 0) is 0 Å². The number of hydrogen-bond donors (Lipinski definition) is 0. The van der Waals surface area contributed by atoms with Gasteiger partial charge in [0.2, 0.25) is 0 Å². The predicted molar refractivity (Wildman–Crippen MR) is 188 cm³/mol. The first kappa shape index (κ1) is 30.2. The molecule has 0 radical (unpaired) electrons. The van der Waals surface area contributed by atoms with Gasteiger partial charge < -0.3 is 9.80 Å². The van der Waals surface area contributed by atoms with Crippen LogP contribution in [0.5, 0.6) is 0 Å². The van der Waals surface area contributed by atoms with Crippen molar-refractivity contribution < 1.29 is 0 Å². The highest BCUT2D eigenvalue weighted by Crippen LogP contribution is 2.47. The summed E-state index contributed by atoms with van der Waals surface area (Å²) in [5, 5.41) is 0. The van der Waals surface area contributed by atoms with Crippen LogP contribution in [-0.4, -0.2) is 0 Å². The van der Waals surface area contributed by atoms with Crippen LogP contribution in [0.4, 0.5) is 34.1 Å². The lowest BCUT2D eigenvalue weighted by Gasteiger charge is -2.34. The fourth-order valence-corrected chi connectivity index (χ4v) is 5.96. The second kappa shape index (κ2) is 12.5. The van der Waals surface area contributed by atoms with Crippen molar-refractivity contribution in [3.05, 3.63) is 142 Å². The Balaban J connectivity index is 1.89. The Hall–Kier alpha value is -4.30. The zero-order valence-electron chi connectivity index (χ0n) is 27.4. The number of aryl methyl sites for hydroxylation is 6. The van der Waals surface area contributed by atoms with E-state index >= 15 is 0 Å². The molecule has 1 unspecified atom stereocenters. The fraction of sp³-hybridized carbons (Fsp3) is 0.268. The minimum Gasteiger partial charge on any atom is -0.310 e. The normalized spacial score (nSPS) is 11.8. The molecule has 0 aliphatic rings. The molecule has 0 saturated carbocycles. The third kappa shape index (κ3) is 6.25. The minimum atomic E-state index is 0.411. The highest BCUT2D eigenvalue weighted by molar-refractivity contribution is 5.88. The Morgan fingerprint density at radius 1 is 0.488 bits per heavy atom. The predicted octanol–water partition coefficient (Wildman–Crippen LogP) is 12.3. The maximum atomic E-state index is 2.48. The van der Waals surface area contributed by atoms with Gasteiger partial charge in [0, 0.05) is 22.7 Å².